The van der Waals surface area contributed by atoms with Crippen molar-refractivity contribution in [3.63, 3.8) is 0 Å². The van der Waals surface area contributed by atoms with Gasteiger partial charge in [0.25, 0.3) is 0 Å². The standard InChI is InChI=1S/C24H25F3N8/c1-15-12-28-19(30-20-6-9-29-33(20)2)11-18(15)34-13-16-5-3-10-35-21(17(16)14-34)31-32-22(35)23(7-4-8-23)24(25,26)27/h6,9,11-14H,3-5,7-8,10H2,1-2H3,(H,28,30). The highest BCUT2D eigenvalue weighted by Crippen LogP contribution is 2.54. The number of fused-ring (bicyclic) bond motifs is 3. The summed E-state index contributed by atoms with van der Waals surface area (Å²) in [5.41, 5.74) is 1.90. The number of alkyl halides is 3. The predicted molar refractivity (Wildman–Crippen MR) is 124 cm³/mol. The molecule has 0 bridgehead atoms. The predicted octanol–water partition coefficient (Wildman–Crippen LogP) is 4.85. The lowest BCUT2D eigenvalue weighted by Crippen LogP contribution is -2.49. The van der Waals surface area contributed by atoms with Gasteiger partial charge >= 0.3 is 6.18 Å². The molecule has 11 heteroatoms. The second-order valence-electron chi connectivity index (χ2n) is 9.46. The average Bonchev–Trinajstić information content (AvgIpc) is 3.45. The number of nitrogens with zero attached hydrogens (tertiary/aromatic N) is 7. The van der Waals surface area contributed by atoms with Gasteiger partial charge in [0.1, 0.15) is 22.9 Å². The first-order valence-corrected chi connectivity index (χ1v) is 11.7. The number of rotatable bonds is 4. The van der Waals surface area contributed by atoms with Gasteiger partial charge in [0.2, 0.25) is 0 Å². The molecular formula is C24H25F3N8. The van der Waals surface area contributed by atoms with Gasteiger partial charge in [-0.05, 0) is 43.7 Å². The molecule has 0 spiro atoms. The van der Waals surface area contributed by atoms with E-state index in [-0.39, 0.29) is 18.7 Å². The highest BCUT2D eigenvalue weighted by atomic mass is 19.4. The van der Waals surface area contributed by atoms with E-state index in [0.717, 1.165) is 41.0 Å². The first-order valence-electron chi connectivity index (χ1n) is 11.7. The maximum Gasteiger partial charge on any atom is 0.401 e. The summed E-state index contributed by atoms with van der Waals surface area (Å²) in [4.78, 5) is 4.48. The van der Waals surface area contributed by atoms with Gasteiger partial charge in [0.05, 0.1) is 11.9 Å². The largest absolute Gasteiger partial charge is 0.401 e. The van der Waals surface area contributed by atoms with Crippen molar-refractivity contribution in [3.8, 4) is 17.1 Å². The summed E-state index contributed by atoms with van der Waals surface area (Å²) in [6, 6.07) is 3.81. The molecular weight excluding hydrogens is 457 g/mol. The number of hydrogen-bond acceptors (Lipinski definition) is 5. The molecule has 6 rings (SSSR count). The first kappa shape index (κ1) is 21.9. The smallest absolute Gasteiger partial charge is 0.325 e. The fourth-order valence-electron chi connectivity index (χ4n) is 5.18. The molecule has 1 aliphatic heterocycles. The molecule has 0 unspecified atom stereocenters. The van der Waals surface area contributed by atoms with Crippen LogP contribution in [0.5, 0.6) is 0 Å². The molecule has 0 radical (unpaired) electrons. The van der Waals surface area contributed by atoms with Crippen LogP contribution < -0.4 is 5.32 Å². The van der Waals surface area contributed by atoms with Gasteiger partial charge in [0.15, 0.2) is 5.82 Å². The lowest BCUT2D eigenvalue weighted by atomic mass is 9.67. The lowest BCUT2D eigenvalue weighted by Gasteiger charge is -2.42. The molecule has 35 heavy (non-hydrogen) atoms. The van der Waals surface area contributed by atoms with Crippen molar-refractivity contribution in [1.29, 1.82) is 0 Å². The van der Waals surface area contributed by atoms with Crippen LogP contribution in [0.1, 0.15) is 42.6 Å². The van der Waals surface area contributed by atoms with Crippen LogP contribution in [0.3, 0.4) is 0 Å². The number of halogens is 3. The van der Waals surface area contributed by atoms with Gasteiger partial charge in [-0.25, -0.2) is 4.98 Å². The summed E-state index contributed by atoms with van der Waals surface area (Å²) in [6.07, 6.45) is 5.35. The van der Waals surface area contributed by atoms with E-state index in [1.807, 2.05) is 43.1 Å². The third-order valence-electron chi connectivity index (χ3n) is 7.34. The SMILES string of the molecule is Cc1cnc(Nc2ccnn2C)cc1-n1cc2c(c1)-c1nnc(C3(C(F)(F)F)CCC3)n1CCC2. The topological polar surface area (TPSA) is 78.4 Å². The van der Waals surface area contributed by atoms with Gasteiger partial charge in [-0.2, -0.15) is 18.3 Å². The minimum atomic E-state index is -4.33. The van der Waals surface area contributed by atoms with E-state index < -0.39 is 11.6 Å². The molecule has 2 aliphatic rings. The Morgan fingerprint density at radius 3 is 2.63 bits per heavy atom. The van der Waals surface area contributed by atoms with Crippen LogP contribution >= 0.6 is 0 Å². The second kappa shape index (κ2) is 7.69. The van der Waals surface area contributed by atoms with Crippen LogP contribution in [0.25, 0.3) is 17.1 Å². The zero-order valence-electron chi connectivity index (χ0n) is 19.5. The number of pyridine rings is 1. The van der Waals surface area contributed by atoms with Crippen molar-refractivity contribution in [2.75, 3.05) is 5.32 Å². The Kier molecular flexibility index (Phi) is 4.81. The highest BCUT2D eigenvalue weighted by Gasteiger charge is 2.62. The summed E-state index contributed by atoms with van der Waals surface area (Å²) in [5.74, 6) is 2.06. The summed E-state index contributed by atoms with van der Waals surface area (Å²) in [7, 11) is 1.84. The molecule has 0 saturated heterocycles. The fourth-order valence-corrected chi connectivity index (χ4v) is 5.18. The fraction of sp³-hybridized carbons (Fsp3) is 0.417. The van der Waals surface area contributed by atoms with Crippen molar-refractivity contribution in [2.24, 2.45) is 7.05 Å². The Bertz CT molecular complexity index is 1410. The van der Waals surface area contributed by atoms with Gasteiger partial charge in [-0.1, -0.05) is 6.42 Å². The Hall–Kier alpha value is -3.63. The van der Waals surface area contributed by atoms with Crippen molar-refractivity contribution in [3.05, 3.63) is 53.9 Å². The minimum Gasteiger partial charge on any atom is -0.325 e. The molecule has 0 aromatic carbocycles. The Morgan fingerprint density at radius 2 is 1.94 bits per heavy atom. The van der Waals surface area contributed by atoms with E-state index in [4.69, 9.17) is 0 Å². The zero-order chi connectivity index (χ0) is 24.4. The maximum absolute atomic E-state index is 14.1. The number of nitrogens with one attached hydrogen (secondary N) is 1. The van der Waals surface area contributed by atoms with E-state index >= 15 is 0 Å². The Morgan fingerprint density at radius 1 is 1.11 bits per heavy atom. The van der Waals surface area contributed by atoms with Crippen LogP contribution in [0.15, 0.2) is 36.9 Å². The van der Waals surface area contributed by atoms with Crippen LogP contribution in [0.4, 0.5) is 24.8 Å². The molecule has 182 valence electrons. The quantitative estimate of drug-likeness (QED) is 0.450. The van der Waals surface area contributed by atoms with Gasteiger partial charge < -0.3 is 14.5 Å². The Labute approximate surface area is 199 Å². The van der Waals surface area contributed by atoms with Gasteiger partial charge in [-0.15, -0.1) is 10.2 Å². The zero-order valence-corrected chi connectivity index (χ0v) is 19.5. The Balaban J connectivity index is 1.40. The molecule has 8 nitrogen and oxygen atoms in total. The van der Waals surface area contributed by atoms with Crippen molar-refractivity contribution in [1.82, 2.24) is 34.1 Å². The molecule has 4 aromatic rings. The normalized spacial score (nSPS) is 16.8. The number of aromatic nitrogens is 7. The third-order valence-corrected chi connectivity index (χ3v) is 7.34. The van der Waals surface area contributed by atoms with E-state index in [9.17, 15) is 13.2 Å². The molecule has 1 saturated carbocycles. The van der Waals surface area contributed by atoms with Crippen LogP contribution in [0, 0.1) is 6.92 Å². The number of anilines is 2. The van der Waals surface area contributed by atoms with Gasteiger partial charge in [-0.3, -0.25) is 4.68 Å². The summed E-state index contributed by atoms with van der Waals surface area (Å²) >= 11 is 0. The molecule has 1 fully saturated rings. The summed E-state index contributed by atoms with van der Waals surface area (Å²) < 4.78 is 47.6. The molecule has 1 N–H and O–H groups in total. The van der Waals surface area contributed by atoms with E-state index in [0.29, 0.717) is 24.6 Å². The van der Waals surface area contributed by atoms with Crippen molar-refractivity contribution < 1.29 is 13.2 Å². The highest BCUT2D eigenvalue weighted by molar-refractivity contribution is 5.64. The molecule has 0 amide bonds. The van der Waals surface area contributed by atoms with Crippen LogP contribution in [0.2, 0.25) is 0 Å². The van der Waals surface area contributed by atoms with Crippen molar-refractivity contribution >= 4 is 11.6 Å². The van der Waals surface area contributed by atoms with Crippen LogP contribution in [-0.2, 0) is 25.4 Å². The molecule has 5 heterocycles. The molecule has 4 aromatic heterocycles. The minimum absolute atomic E-state index is 0.0644. The van der Waals surface area contributed by atoms with Crippen molar-refractivity contribution in [2.45, 2.75) is 57.2 Å². The number of hydrogen-bond donors (Lipinski definition) is 1. The first-order chi connectivity index (χ1) is 16.8. The summed E-state index contributed by atoms with van der Waals surface area (Å²) in [5, 5.41) is 15.8. The van der Waals surface area contributed by atoms with E-state index in [1.54, 1.807) is 21.6 Å². The van der Waals surface area contributed by atoms with Crippen LogP contribution in [-0.4, -0.2) is 40.3 Å². The molecule has 1 aliphatic carbocycles. The lowest BCUT2D eigenvalue weighted by molar-refractivity contribution is -0.216. The average molecular weight is 483 g/mol. The molecule has 0 atom stereocenters. The van der Waals surface area contributed by atoms with E-state index in [1.165, 1.54) is 0 Å². The van der Waals surface area contributed by atoms with Gasteiger partial charge in [0, 0.05) is 49.9 Å². The number of aryl methyl sites for hydroxylation is 3. The summed E-state index contributed by atoms with van der Waals surface area (Å²) in [6.45, 7) is 2.46. The van der Waals surface area contributed by atoms with E-state index in [2.05, 4.69) is 25.6 Å². The second-order valence-corrected chi connectivity index (χ2v) is 9.46. The third kappa shape index (κ3) is 3.35. The monoisotopic (exact) mass is 482 g/mol. The maximum atomic E-state index is 14.1.